The fourth-order valence-corrected chi connectivity index (χ4v) is 4.06. The van der Waals surface area contributed by atoms with E-state index in [9.17, 15) is 9.59 Å². The maximum absolute atomic E-state index is 13.4. The number of aryl methyl sites for hydroxylation is 1. The third-order valence-corrected chi connectivity index (χ3v) is 5.88. The van der Waals surface area contributed by atoms with Crippen molar-refractivity contribution in [2.45, 2.75) is 38.8 Å². The Bertz CT molecular complexity index is 812. The average molecular weight is 412 g/mol. The molecule has 162 valence electrons. The highest BCUT2D eigenvalue weighted by Crippen LogP contribution is 2.26. The van der Waals surface area contributed by atoms with Crippen LogP contribution >= 0.6 is 0 Å². The summed E-state index contributed by atoms with van der Waals surface area (Å²) in [6, 6.07) is 14.0. The van der Waals surface area contributed by atoms with E-state index in [2.05, 4.69) is 0 Å². The van der Waals surface area contributed by atoms with E-state index < -0.39 is 0 Å². The number of aromatic nitrogens is 1. The minimum absolute atomic E-state index is 0.0393. The topological polar surface area (TPSA) is 54.8 Å². The lowest BCUT2D eigenvalue weighted by Crippen LogP contribution is -2.45. The first kappa shape index (κ1) is 22.1. The normalized spacial score (nSPS) is 14.1. The second-order valence-electron chi connectivity index (χ2n) is 8.08. The van der Waals surface area contributed by atoms with Crippen molar-refractivity contribution in [1.82, 2.24) is 14.4 Å². The van der Waals surface area contributed by atoms with Gasteiger partial charge in [0.1, 0.15) is 0 Å². The SMILES string of the molecule is COCCN(CC(=O)N(Cc1ccccc1)Cc1cccn1C)C(=O)C1CCCC1. The van der Waals surface area contributed by atoms with Crippen LogP contribution in [0.5, 0.6) is 0 Å². The van der Waals surface area contributed by atoms with Gasteiger partial charge in [0.2, 0.25) is 11.8 Å². The van der Waals surface area contributed by atoms with Gasteiger partial charge in [0.25, 0.3) is 0 Å². The van der Waals surface area contributed by atoms with Gasteiger partial charge in [-0.25, -0.2) is 0 Å². The number of carbonyl (C=O) groups is 2. The number of benzene rings is 1. The molecule has 1 saturated carbocycles. The van der Waals surface area contributed by atoms with E-state index in [1.54, 1.807) is 12.0 Å². The van der Waals surface area contributed by atoms with Crippen LogP contribution in [0.15, 0.2) is 48.7 Å². The molecule has 2 aromatic rings. The van der Waals surface area contributed by atoms with Gasteiger partial charge >= 0.3 is 0 Å². The third kappa shape index (κ3) is 5.95. The number of amides is 2. The summed E-state index contributed by atoms with van der Waals surface area (Å²) in [6.45, 7) is 1.99. The molecule has 1 heterocycles. The molecule has 30 heavy (non-hydrogen) atoms. The van der Waals surface area contributed by atoms with Crippen LogP contribution in [0.1, 0.15) is 36.9 Å². The lowest BCUT2D eigenvalue weighted by molar-refractivity contribution is -0.144. The fourth-order valence-electron chi connectivity index (χ4n) is 4.06. The molecule has 1 aliphatic rings. The van der Waals surface area contributed by atoms with Gasteiger partial charge in [-0.05, 0) is 30.5 Å². The molecule has 0 bridgehead atoms. The first-order chi connectivity index (χ1) is 14.6. The Labute approximate surface area is 179 Å². The van der Waals surface area contributed by atoms with Gasteiger partial charge in [-0.15, -0.1) is 0 Å². The van der Waals surface area contributed by atoms with E-state index in [1.807, 2.05) is 65.2 Å². The molecule has 1 aliphatic carbocycles. The Morgan fingerprint density at radius 2 is 1.77 bits per heavy atom. The molecule has 1 aromatic carbocycles. The molecule has 3 rings (SSSR count). The summed E-state index contributed by atoms with van der Waals surface area (Å²) in [5.74, 6) is 0.101. The van der Waals surface area contributed by atoms with Crippen molar-refractivity contribution in [1.29, 1.82) is 0 Å². The van der Waals surface area contributed by atoms with Crippen LogP contribution in [0.2, 0.25) is 0 Å². The van der Waals surface area contributed by atoms with Crippen molar-refractivity contribution in [3.63, 3.8) is 0 Å². The number of nitrogens with zero attached hydrogens (tertiary/aromatic N) is 3. The van der Waals surface area contributed by atoms with Crippen LogP contribution in [0.3, 0.4) is 0 Å². The zero-order valence-corrected chi connectivity index (χ0v) is 18.1. The molecule has 2 amide bonds. The summed E-state index contributed by atoms with van der Waals surface area (Å²) >= 11 is 0. The van der Waals surface area contributed by atoms with Gasteiger partial charge in [0.05, 0.1) is 19.7 Å². The van der Waals surface area contributed by atoms with E-state index >= 15 is 0 Å². The zero-order valence-electron chi connectivity index (χ0n) is 18.1. The minimum Gasteiger partial charge on any atom is -0.383 e. The quantitative estimate of drug-likeness (QED) is 0.603. The van der Waals surface area contributed by atoms with Crippen molar-refractivity contribution < 1.29 is 14.3 Å². The second kappa shape index (κ2) is 11.0. The highest BCUT2D eigenvalue weighted by atomic mass is 16.5. The Kier molecular flexibility index (Phi) is 8.08. The molecular weight excluding hydrogens is 378 g/mol. The van der Waals surface area contributed by atoms with Crippen LogP contribution < -0.4 is 0 Å². The summed E-state index contributed by atoms with van der Waals surface area (Å²) in [4.78, 5) is 29.9. The van der Waals surface area contributed by atoms with Crippen LogP contribution in [-0.4, -0.2) is 53.0 Å². The summed E-state index contributed by atoms with van der Waals surface area (Å²) in [5.41, 5.74) is 2.13. The van der Waals surface area contributed by atoms with Gasteiger partial charge in [0, 0.05) is 45.1 Å². The minimum atomic E-state index is -0.0393. The first-order valence-electron chi connectivity index (χ1n) is 10.8. The highest BCUT2D eigenvalue weighted by molar-refractivity contribution is 5.86. The number of rotatable bonds is 10. The predicted octanol–water partition coefficient (Wildman–Crippen LogP) is 3.22. The van der Waals surface area contributed by atoms with Crippen LogP contribution in [0.4, 0.5) is 0 Å². The van der Waals surface area contributed by atoms with E-state index in [-0.39, 0.29) is 24.3 Å². The largest absolute Gasteiger partial charge is 0.383 e. The molecule has 0 unspecified atom stereocenters. The van der Waals surface area contributed by atoms with Gasteiger partial charge in [-0.1, -0.05) is 43.2 Å². The van der Waals surface area contributed by atoms with E-state index in [4.69, 9.17) is 4.74 Å². The maximum atomic E-state index is 13.4. The molecule has 0 aliphatic heterocycles. The summed E-state index contributed by atoms with van der Waals surface area (Å²) in [7, 11) is 3.60. The molecule has 6 heteroatoms. The van der Waals surface area contributed by atoms with Crippen molar-refractivity contribution in [3.8, 4) is 0 Å². The number of methoxy groups -OCH3 is 1. The number of hydrogen-bond donors (Lipinski definition) is 0. The van der Waals surface area contributed by atoms with Crippen molar-refractivity contribution >= 4 is 11.8 Å². The van der Waals surface area contributed by atoms with Gasteiger partial charge in [-0.3, -0.25) is 9.59 Å². The number of hydrogen-bond acceptors (Lipinski definition) is 3. The van der Waals surface area contributed by atoms with E-state index in [0.717, 1.165) is 36.9 Å². The molecule has 0 spiro atoms. The lowest BCUT2D eigenvalue weighted by Gasteiger charge is -2.29. The summed E-state index contributed by atoms with van der Waals surface area (Å²) in [6.07, 6.45) is 6.02. The first-order valence-corrected chi connectivity index (χ1v) is 10.8. The molecule has 6 nitrogen and oxygen atoms in total. The van der Waals surface area contributed by atoms with Gasteiger partial charge < -0.3 is 19.1 Å². The van der Waals surface area contributed by atoms with Crippen LogP contribution in [0.25, 0.3) is 0 Å². The number of ether oxygens (including phenoxy) is 1. The molecule has 1 aromatic heterocycles. The van der Waals surface area contributed by atoms with E-state index in [0.29, 0.717) is 26.2 Å². The van der Waals surface area contributed by atoms with Crippen LogP contribution in [-0.2, 0) is 34.5 Å². The Morgan fingerprint density at radius 3 is 2.40 bits per heavy atom. The van der Waals surface area contributed by atoms with Crippen molar-refractivity contribution in [2.75, 3.05) is 26.8 Å². The Balaban J connectivity index is 1.74. The monoisotopic (exact) mass is 411 g/mol. The Morgan fingerprint density at radius 1 is 1.03 bits per heavy atom. The van der Waals surface area contributed by atoms with Crippen molar-refractivity contribution in [2.24, 2.45) is 13.0 Å². The smallest absolute Gasteiger partial charge is 0.242 e. The average Bonchev–Trinajstić information content (AvgIpc) is 3.43. The van der Waals surface area contributed by atoms with Gasteiger partial charge in [-0.2, -0.15) is 0 Å². The Hall–Kier alpha value is -2.60. The maximum Gasteiger partial charge on any atom is 0.242 e. The highest BCUT2D eigenvalue weighted by Gasteiger charge is 2.29. The third-order valence-electron chi connectivity index (χ3n) is 5.88. The predicted molar refractivity (Wildman–Crippen MR) is 117 cm³/mol. The molecule has 1 fully saturated rings. The molecule has 0 radical (unpaired) electrons. The van der Waals surface area contributed by atoms with Gasteiger partial charge in [0.15, 0.2) is 0 Å². The molecule has 0 N–H and O–H groups in total. The standard InChI is InChI=1S/C24H33N3O3/c1-25-14-8-13-22(25)18-27(17-20-9-4-3-5-10-20)23(28)19-26(15-16-30-2)24(29)21-11-6-7-12-21/h3-5,8-10,13-14,21H,6-7,11-12,15-19H2,1-2H3. The zero-order chi connectivity index (χ0) is 21.3. The summed E-state index contributed by atoms with van der Waals surface area (Å²) in [5, 5.41) is 0. The summed E-state index contributed by atoms with van der Waals surface area (Å²) < 4.78 is 7.23. The lowest BCUT2D eigenvalue weighted by atomic mass is 10.1. The molecule has 0 saturated heterocycles. The van der Waals surface area contributed by atoms with E-state index in [1.165, 1.54) is 0 Å². The van der Waals surface area contributed by atoms with Crippen molar-refractivity contribution in [3.05, 3.63) is 59.9 Å². The fraction of sp³-hybridized carbons (Fsp3) is 0.500. The van der Waals surface area contributed by atoms with Crippen LogP contribution in [0, 0.1) is 5.92 Å². The number of carbonyl (C=O) groups excluding carboxylic acids is 2. The second-order valence-corrected chi connectivity index (χ2v) is 8.08. The molecular formula is C24H33N3O3. The molecule has 0 atom stereocenters.